The standard InChI is InChI=1S/C18H17N3O.C5H12/c1-2-5-14(6-3-1)17-12-20-18-9-8-15(13-21(17)18)19-11-16-7-4-10-22-16;1-5(2,3)4/h1-10,12,17,19H,11,13H2;1-4H3. The molecule has 0 spiro atoms. The number of rotatable bonds is 4. The highest BCUT2D eigenvalue weighted by molar-refractivity contribution is 5.72. The lowest BCUT2D eigenvalue weighted by molar-refractivity contribution is 0.342. The van der Waals surface area contributed by atoms with Crippen molar-refractivity contribution in [1.29, 1.82) is 0 Å². The van der Waals surface area contributed by atoms with Gasteiger partial charge in [-0.3, -0.25) is 0 Å². The third kappa shape index (κ3) is 5.61. The minimum Gasteiger partial charge on any atom is -0.467 e. The second kappa shape index (κ2) is 8.30. The van der Waals surface area contributed by atoms with E-state index in [-0.39, 0.29) is 6.04 Å². The van der Waals surface area contributed by atoms with Gasteiger partial charge in [-0.1, -0.05) is 58.0 Å². The normalized spacial score (nSPS) is 18.2. The van der Waals surface area contributed by atoms with Crippen LogP contribution in [-0.4, -0.2) is 17.7 Å². The smallest absolute Gasteiger partial charge is 0.129 e. The molecule has 2 aromatic rings. The first-order chi connectivity index (χ1) is 12.9. The first kappa shape index (κ1) is 19.0. The molecule has 4 heteroatoms. The average Bonchev–Trinajstić information content (AvgIpc) is 3.28. The summed E-state index contributed by atoms with van der Waals surface area (Å²) in [5, 5.41) is 3.43. The predicted octanol–water partition coefficient (Wildman–Crippen LogP) is 5.29. The van der Waals surface area contributed by atoms with Gasteiger partial charge in [-0.15, -0.1) is 0 Å². The number of nitrogens with one attached hydrogen (secondary N) is 1. The first-order valence-corrected chi connectivity index (χ1v) is 9.43. The first-order valence-electron chi connectivity index (χ1n) is 9.43. The molecule has 0 saturated heterocycles. The molecule has 1 N–H and O–H groups in total. The van der Waals surface area contributed by atoms with Gasteiger partial charge in [0.05, 0.1) is 25.4 Å². The molecule has 1 atom stereocenters. The fourth-order valence-electron chi connectivity index (χ4n) is 2.82. The lowest BCUT2D eigenvalue weighted by Gasteiger charge is -2.30. The summed E-state index contributed by atoms with van der Waals surface area (Å²) >= 11 is 0. The van der Waals surface area contributed by atoms with Crippen LogP contribution in [0.25, 0.3) is 0 Å². The number of benzene rings is 1. The van der Waals surface area contributed by atoms with Gasteiger partial charge in [0.15, 0.2) is 0 Å². The van der Waals surface area contributed by atoms with Crippen molar-refractivity contribution in [2.24, 2.45) is 10.4 Å². The Morgan fingerprint density at radius 3 is 2.48 bits per heavy atom. The zero-order valence-corrected chi connectivity index (χ0v) is 16.6. The summed E-state index contributed by atoms with van der Waals surface area (Å²) in [4.78, 5) is 6.84. The van der Waals surface area contributed by atoms with E-state index in [1.807, 2.05) is 24.4 Å². The molecule has 27 heavy (non-hydrogen) atoms. The summed E-state index contributed by atoms with van der Waals surface area (Å²) in [6.45, 7) is 10.3. The van der Waals surface area contributed by atoms with Gasteiger partial charge in [0.1, 0.15) is 11.6 Å². The molecule has 0 amide bonds. The van der Waals surface area contributed by atoms with Gasteiger partial charge in [-0.05, 0) is 35.3 Å². The SMILES string of the molecule is C1=NC2=CC=C(NCc3ccco3)CN2C1c1ccccc1.CC(C)(C)C. The molecule has 2 aliphatic rings. The molecule has 0 fully saturated rings. The van der Waals surface area contributed by atoms with Crippen LogP contribution in [0.1, 0.15) is 45.1 Å². The molecule has 4 nitrogen and oxygen atoms in total. The van der Waals surface area contributed by atoms with Crippen LogP contribution in [0.4, 0.5) is 0 Å². The van der Waals surface area contributed by atoms with Crippen LogP contribution in [0.2, 0.25) is 0 Å². The Hall–Kier alpha value is -2.75. The van der Waals surface area contributed by atoms with Gasteiger partial charge < -0.3 is 14.6 Å². The molecule has 3 heterocycles. The van der Waals surface area contributed by atoms with Crippen LogP contribution in [0.5, 0.6) is 0 Å². The van der Waals surface area contributed by atoms with Crippen molar-refractivity contribution in [1.82, 2.24) is 10.2 Å². The fraction of sp³-hybridized carbons (Fsp3) is 0.348. The highest BCUT2D eigenvalue weighted by Gasteiger charge is 2.28. The lowest BCUT2D eigenvalue weighted by atomic mass is 10.0. The molecule has 0 bridgehead atoms. The van der Waals surface area contributed by atoms with E-state index in [9.17, 15) is 0 Å². The Kier molecular flexibility index (Phi) is 5.84. The Labute approximate surface area is 162 Å². The summed E-state index contributed by atoms with van der Waals surface area (Å²) in [5.74, 6) is 1.96. The van der Waals surface area contributed by atoms with Gasteiger partial charge in [-0.2, -0.15) is 0 Å². The maximum Gasteiger partial charge on any atom is 0.129 e. The molecule has 0 radical (unpaired) electrons. The molecule has 0 aliphatic carbocycles. The van der Waals surface area contributed by atoms with Crippen molar-refractivity contribution in [2.45, 2.75) is 40.3 Å². The number of aliphatic imine (C=N–C) groups is 1. The monoisotopic (exact) mass is 363 g/mol. The maximum atomic E-state index is 5.36. The molecule has 1 aromatic heterocycles. The lowest BCUT2D eigenvalue weighted by Crippen LogP contribution is -2.32. The van der Waals surface area contributed by atoms with Crippen molar-refractivity contribution in [3.63, 3.8) is 0 Å². The van der Waals surface area contributed by atoms with E-state index < -0.39 is 0 Å². The van der Waals surface area contributed by atoms with E-state index >= 15 is 0 Å². The topological polar surface area (TPSA) is 40.8 Å². The minimum absolute atomic E-state index is 0.210. The minimum atomic E-state index is 0.210. The van der Waals surface area contributed by atoms with Gasteiger partial charge in [0.2, 0.25) is 0 Å². The summed E-state index contributed by atoms with van der Waals surface area (Å²) < 4.78 is 5.36. The molecular formula is C23H29N3O. The van der Waals surface area contributed by atoms with E-state index in [2.05, 4.69) is 79.3 Å². The highest BCUT2D eigenvalue weighted by Crippen LogP contribution is 2.31. The predicted molar refractivity (Wildman–Crippen MR) is 111 cm³/mol. The molecule has 0 saturated carbocycles. The zero-order chi connectivity index (χ0) is 19.3. The molecule has 142 valence electrons. The summed E-state index contributed by atoms with van der Waals surface area (Å²) in [6, 6.07) is 14.6. The van der Waals surface area contributed by atoms with Crippen LogP contribution >= 0.6 is 0 Å². The van der Waals surface area contributed by atoms with E-state index in [1.54, 1.807) is 6.26 Å². The Morgan fingerprint density at radius 2 is 1.81 bits per heavy atom. The average molecular weight is 364 g/mol. The quantitative estimate of drug-likeness (QED) is 0.802. The third-order valence-corrected chi connectivity index (χ3v) is 3.96. The molecular weight excluding hydrogens is 334 g/mol. The van der Waals surface area contributed by atoms with E-state index in [0.717, 1.165) is 18.1 Å². The number of hydrogen-bond donors (Lipinski definition) is 1. The van der Waals surface area contributed by atoms with Crippen molar-refractivity contribution in [2.75, 3.05) is 6.54 Å². The number of fused-ring (bicyclic) bond motifs is 1. The number of nitrogens with zero attached hydrogens (tertiary/aromatic N) is 2. The van der Waals surface area contributed by atoms with Gasteiger partial charge in [0, 0.05) is 11.9 Å². The summed E-state index contributed by atoms with van der Waals surface area (Å²) in [6.07, 6.45) is 7.88. The van der Waals surface area contributed by atoms with E-state index in [1.165, 1.54) is 11.3 Å². The second-order valence-electron chi connectivity index (χ2n) is 8.41. The number of allylic oxidation sites excluding steroid dienone is 2. The Morgan fingerprint density at radius 1 is 1.07 bits per heavy atom. The summed E-state index contributed by atoms with van der Waals surface area (Å²) in [7, 11) is 0. The number of furan rings is 1. The molecule has 4 rings (SSSR count). The maximum absolute atomic E-state index is 5.36. The zero-order valence-electron chi connectivity index (χ0n) is 16.6. The van der Waals surface area contributed by atoms with Gasteiger partial charge in [0.25, 0.3) is 0 Å². The van der Waals surface area contributed by atoms with Crippen LogP contribution in [-0.2, 0) is 6.54 Å². The van der Waals surface area contributed by atoms with Crippen molar-refractivity contribution in [3.8, 4) is 0 Å². The second-order valence-corrected chi connectivity index (χ2v) is 8.41. The molecule has 2 aliphatic heterocycles. The molecule has 1 aromatic carbocycles. The van der Waals surface area contributed by atoms with Crippen LogP contribution in [0.3, 0.4) is 0 Å². The van der Waals surface area contributed by atoms with Gasteiger partial charge >= 0.3 is 0 Å². The van der Waals surface area contributed by atoms with Crippen LogP contribution < -0.4 is 5.32 Å². The largest absolute Gasteiger partial charge is 0.467 e. The number of hydrogen-bond acceptors (Lipinski definition) is 4. The van der Waals surface area contributed by atoms with Crippen LogP contribution in [0, 0.1) is 5.41 Å². The van der Waals surface area contributed by atoms with Crippen molar-refractivity contribution >= 4 is 6.21 Å². The van der Waals surface area contributed by atoms with Gasteiger partial charge in [-0.25, -0.2) is 4.99 Å². The van der Waals surface area contributed by atoms with Crippen LogP contribution in [0.15, 0.2) is 81.8 Å². The Bertz CT molecular complexity index is 805. The van der Waals surface area contributed by atoms with E-state index in [0.29, 0.717) is 12.0 Å². The Balaban J connectivity index is 0.000000376. The summed E-state index contributed by atoms with van der Waals surface area (Å²) in [5.41, 5.74) is 2.94. The third-order valence-electron chi connectivity index (χ3n) is 3.96. The highest BCUT2D eigenvalue weighted by atomic mass is 16.3. The van der Waals surface area contributed by atoms with Crippen molar-refractivity contribution in [3.05, 3.63) is 83.7 Å². The van der Waals surface area contributed by atoms with E-state index in [4.69, 9.17) is 4.42 Å². The van der Waals surface area contributed by atoms with Crippen molar-refractivity contribution < 1.29 is 4.42 Å². The fourth-order valence-corrected chi connectivity index (χ4v) is 2.82. The molecule has 1 unspecified atom stereocenters.